The lowest BCUT2D eigenvalue weighted by Crippen LogP contribution is -2.14. The average Bonchev–Trinajstić information content (AvgIpc) is 2.44. The summed E-state index contributed by atoms with van der Waals surface area (Å²) < 4.78 is 0. The maximum absolute atomic E-state index is 3.34. The van der Waals surface area contributed by atoms with E-state index in [0.717, 1.165) is 6.42 Å². The van der Waals surface area contributed by atoms with Crippen molar-refractivity contribution in [2.45, 2.75) is 36.1 Å². The number of aryl methyl sites for hydroxylation is 1. The zero-order chi connectivity index (χ0) is 13.7. The van der Waals surface area contributed by atoms with Crippen molar-refractivity contribution in [2.75, 3.05) is 7.05 Å². The molecule has 1 unspecified atom stereocenters. The Hall–Kier alpha value is -1.25. The molecule has 2 rings (SSSR count). The molecule has 100 valence electrons. The van der Waals surface area contributed by atoms with Gasteiger partial charge in [0.2, 0.25) is 0 Å². The van der Waals surface area contributed by atoms with Crippen molar-refractivity contribution in [3.05, 3.63) is 59.7 Å². The molecule has 1 N–H and O–H groups in total. The van der Waals surface area contributed by atoms with Crippen molar-refractivity contribution >= 4 is 11.8 Å². The lowest BCUT2D eigenvalue weighted by Gasteiger charge is -2.14. The quantitative estimate of drug-likeness (QED) is 0.837. The second-order valence-electron chi connectivity index (χ2n) is 4.73. The van der Waals surface area contributed by atoms with Gasteiger partial charge in [-0.1, -0.05) is 48.5 Å². The van der Waals surface area contributed by atoms with Crippen LogP contribution in [0.3, 0.4) is 0 Å². The molecule has 1 atom stereocenters. The molecule has 0 amide bonds. The van der Waals surface area contributed by atoms with Crippen molar-refractivity contribution in [2.24, 2.45) is 0 Å². The third-order valence-electron chi connectivity index (χ3n) is 3.30. The van der Waals surface area contributed by atoms with E-state index in [1.54, 1.807) is 0 Å². The highest BCUT2D eigenvalue weighted by molar-refractivity contribution is 7.99. The van der Waals surface area contributed by atoms with Crippen molar-refractivity contribution in [3.63, 3.8) is 0 Å². The third kappa shape index (κ3) is 3.85. The van der Waals surface area contributed by atoms with Crippen LogP contribution >= 0.6 is 11.8 Å². The summed E-state index contributed by atoms with van der Waals surface area (Å²) in [4.78, 5) is 2.58. The Labute approximate surface area is 120 Å². The lowest BCUT2D eigenvalue weighted by molar-refractivity contribution is 0.576. The molecule has 19 heavy (non-hydrogen) atoms. The van der Waals surface area contributed by atoms with Crippen LogP contribution in [0, 0.1) is 6.92 Å². The Morgan fingerprint density at radius 1 is 0.947 bits per heavy atom. The smallest absolute Gasteiger partial charge is 0.0314 e. The zero-order valence-electron chi connectivity index (χ0n) is 11.8. The first kappa shape index (κ1) is 14.2. The fourth-order valence-corrected chi connectivity index (χ4v) is 2.93. The monoisotopic (exact) mass is 271 g/mol. The highest BCUT2D eigenvalue weighted by Gasteiger charge is 2.06. The molecule has 0 aliphatic rings. The minimum atomic E-state index is 0.457. The first-order chi connectivity index (χ1) is 9.22. The van der Waals surface area contributed by atoms with Crippen LogP contribution in [-0.4, -0.2) is 7.05 Å². The van der Waals surface area contributed by atoms with Crippen LogP contribution in [0.25, 0.3) is 0 Å². The number of nitrogens with one attached hydrogen (secondary N) is 1. The molecule has 0 aromatic heterocycles. The minimum Gasteiger partial charge on any atom is -0.313 e. The van der Waals surface area contributed by atoms with Crippen LogP contribution < -0.4 is 5.32 Å². The molecule has 2 heteroatoms. The summed E-state index contributed by atoms with van der Waals surface area (Å²) in [5, 5.41) is 3.34. The number of hydrogen-bond acceptors (Lipinski definition) is 2. The molecular weight excluding hydrogens is 250 g/mol. The molecule has 0 saturated carbocycles. The zero-order valence-corrected chi connectivity index (χ0v) is 12.6. The van der Waals surface area contributed by atoms with Gasteiger partial charge in [0.1, 0.15) is 0 Å². The van der Waals surface area contributed by atoms with E-state index in [4.69, 9.17) is 0 Å². The van der Waals surface area contributed by atoms with E-state index in [-0.39, 0.29) is 0 Å². The van der Waals surface area contributed by atoms with Gasteiger partial charge in [-0.05, 0) is 50.2 Å². The molecule has 2 aromatic carbocycles. The second-order valence-corrected chi connectivity index (χ2v) is 5.88. The number of hydrogen-bond donors (Lipinski definition) is 1. The van der Waals surface area contributed by atoms with Crippen molar-refractivity contribution < 1.29 is 0 Å². The minimum absolute atomic E-state index is 0.457. The topological polar surface area (TPSA) is 12.0 Å². The van der Waals surface area contributed by atoms with Gasteiger partial charge in [-0.3, -0.25) is 0 Å². The van der Waals surface area contributed by atoms with Gasteiger partial charge in [0, 0.05) is 15.8 Å². The normalized spacial score (nSPS) is 12.4. The SMILES string of the molecule is CCC(NC)c1ccc(Sc2ccc(C)cc2)cc1. The summed E-state index contributed by atoms with van der Waals surface area (Å²) in [6.45, 7) is 4.32. The van der Waals surface area contributed by atoms with Crippen LogP contribution in [0.2, 0.25) is 0 Å². The van der Waals surface area contributed by atoms with Gasteiger partial charge >= 0.3 is 0 Å². The van der Waals surface area contributed by atoms with E-state index in [2.05, 4.69) is 67.7 Å². The van der Waals surface area contributed by atoms with Gasteiger partial charge in [-0.15, -0.1) is 0 Å². The van der Waals surface area contributed by atoms with Gasteiger partial charge in [0.15, 0.2) is 0 Å². The fourth-order valence-electron chi connectivity index (χ4n) is 2.12. The van der Waals surface area contributed by atoms with Gasteiger partial charge in [-0.2, -0.15) is 0 Å². The Bertz CT molecular complexity index is 498. The molecule has 2 aromatic rings. The second kappa shape index (κ2) is 6.78. The molecule has 0 saturated heterocycles. The molecule has 0 radical (unpaired) electrons. The maximum Gasteiger partial charge on any atom is 0.0314 e. The predicted molar refractivity (Wildman–Crippen MR) is 83.8 cm³/mol. The molecule has 0 aliphatic heterocycles. The van der Waals surface area contributed by atoms with Gasteiger partial charge in [-0.25, -0.2) is 0 Å². The van der Waals surface area contributed by atoms with E-state index in [0.29, 0.717) is 6.04 Å². The molecule has 0 spiro atoms. The van der Waals surface area contributed by atoms with Gasteiger partial charge in [0.05, 0.1) is 0 Å². The van der Waals surface area contributed by atoms with Crippen LogP contribution in [-0.2, 0) is 0 Å². The van der Waals surface area contributed by atoms with E-state index < -0.39 is 0 Å². The first-order valence-electron chi connectivity index (χ1n) is 6.74. The summed E-state index contributed by atoms with van der Waals surface area (Å²) >= 11 is 1.81. The van der Waals surface area contributed by atoms with E-state index in [1.165, 1.54) is 20.9 Å². The Morgan fingerprint density at radius 2 is 1.47 bits per heavy atom. The van der Waals surface area contributed by atoms with Crippen LogP contribution in [0.5, 0.6) is 0 Å². The van der Waals surface area contributed by atoms with E-state index in [9.17, 15) is 0 Å². The first-order valence-corrected chi connectivity index (χ1v) is 7.56. The van der Waals surface area contributed by atoms with Crippen LogP contribution in [0.4, 0.5) is 0 Å². The van der Waals surface area contributed by atoms with E-state index >= 15 is 0 Å². The molecule has 0 aliphatic carbocycles. The summed E-state index contributed by atoms with van der Waals surface area (Å²) in [5.74, 6) is 0. The summed E-state index contributed by atoms with van der Waals surface area (Å²) in [7, 11) is 2.02. The fraction of sp³-hybridized carbons (Fsp3) is 0.294. The summed E-state index contributed by atoms with van der Waals surface area (Å²) in [6.07, 6.45) is 1.11. The molecular formula is C17H21NS. The van der Waals surface area contributed by atoms with Crippen molar-refractivity contribution in [1.29, 1.82) is 0 Å². The summed E-state index contributed by atoms with van der Waals surface area (Å²) in [5.41, 5.74) is 2.66. The largest absolute Gasteiger partial charge is 0.313 e. The van der Waals surface area contributed by atoms with Crippen LogP contribution in [0.1, 0.15) is 30.5 Å². The average molecular weight is 271 g/mol. The summed E-state index contributed by atoms with van der Waals surface area (Å²) in [6, 6.07) is 18.0. The Kier molecular flexibility index (Phi) is 5.06. The van der Waals surface area contributed by atoms with Gasteiger partial charge < -0.3 is 5.32 Å². The highest BCUT2D eigenvalue weighted by Crippen LogP contribution is 2.29. The molecule has 1 nitrogen and oxygen atoms in total. The van der Waals surface area contributed by atoms with Gasteiger partial charge in [0.25, 0.3) is 0 Å². The Morgan fingerprint density at radius 3 is 1.95 bits per heavy atom. The number of benzene rings is 2. The molecule has 0 heterocycles. The predicted octanol–water partition coefficient (Wildman–Crippen LogP) is 4.82. The Balaban J connectivity index is 2.08. The van der Waals surface area contributed by atoms with Crippen LogP contribution in [0.15, 0.2) is 58.3 Å². The highest BCUT2D eigenvalue weighted by atomic mass is 32.2. The molecule has 0 bridgehead atoms. The lowest BCUT2D eigenvalue weighted by atomic mass is 10.1. The van der Waals surface area contributed by atoms with Crippen molar-refractivity contribution in [1.82, 2.24) is 5.32 Å². The molecule has 0 fully saturated rings. The standard InChI is InChI=1S/C17H21NS/c1-4-17(18-3)14-7-11-16(12-8-14)19-15-9-5-13(2)6-10-15/h5-12,17-18H,4H2,1-3H3. The maximum atomic E-state index is 3.34. The van der Waals surface area contributed by atoms with Crippen molar-refractivity contribution in [3.8, 4) is 0 Å². The number of rotatable bonds is 5. The van der Waals surface area contributed by atoms with E-state index in [1.807, 2.05) is 18.8 Å². The third-order valence-corrected chi connectivity index (χ3v) is 4.31.